The molecule has 0 N–H and O–H groups in total. The Labute approximate surface area is 84.2 Å². The molecule has 1 aliphatic rings. The van der Waals surface area contributed by atoms with Gasteiger partial charge in [-0.15, -0.1) is 0 Å². The molecular formula is C12H14O2. The number of rotatable bonds is 4. The molecule has 1 heterocycles. The second kappa shape index (κ2) is 4.29. The van der Waals surface area contributed by atoms with E-state index in [0.717, 1.165) is 5.76 Å². The second-order valence-corrected chi connectivity index (χ2v) is 3.30. The van der Waals surface area contributed by atoms with E-state index < -0.39 is 0 Å². The SMILES string of the molecule is CC=C1OC1COCc1ccccc1. The summed E-state index contributed by atoms with van der Waals surface area (Å²) in [7, 11) is 0. The van der Waals surface area contributed by atoms with Crippen LogP contribution in [0.5, 0.6) is 0 Å². The fourth-order valence-corrected chi connectivity index (χ4v) is 1.36. The van der Waals surface area contributed by atoms with E-state index in [2.05, 4.69) is 12.1 Å². The van der Waals surface area contributed by atoms with Crippen molar-refractivity contribution in [1.29, 1.82) is 0 Å². The summed E-state index contributed by atoms with van der Waals surface area (Å²) in [6, 6.07) is 10.2. The first-order valence-corrected chi connectivity index (χ1v) is 4.84. The maximum Gasteiger partial charge on any atom is 0.178 e. The minimum absolute atomic E-state index is 0.212. The van der Waals surface area contributed by atoms with Gasteiger partial charge in [-0.25, -0.2) is 0 Å². The lowest BCUT2D eigenvalue weighted by Gasteiger charge is -2.00. The number of ether oxygens (including phenoxy) is 2. The highest BCUT2D eigenvalue weighted by Crippen LogP contribution is 2.26. The van der Waals surface area contributed by atoms with Gasteiger partial charge in [0.2, 0.25) is 0 Å². The van der Waals surface area contributed by atoms with E-state index in [1.165, 1.54) is 5.56 Å². The maximum atomic E-state index is 5.51. The maximum absolute atomic E-state index is 5.51. The van der Waals surface area contributed by atoms with Crippen LogP contribution in [0.25, 0.3) is 0 Å². The summed E-state index contributed by atoms with van der Waals surface area (Å²) in [6.07, 6.45) is 2.19. The smallest absolute Gasteiger partial charge is 0.178 e. The van der Waals surface area contributed by atoms with Crippen molar-refractivity contribution in [3.05, 3.63) is 47.7 Å². The topological polar surface area (TPSA) is 21.8 Å². The molecule has 1 aromatic rings. The van der Waals surface area contributed by atoms with Crippen LogP contribution in [0.1, 0.15) is 12.5 Å². The standard InChI is InChI=1S/C12H14O2/c1-2-11-12(14-11)9-13-8-10-6-4-3-5-7-10/h2-7,12H,8-9H2,1H3. The average molecular weight is 190 g/mol. The van der Waals surface area contributed by atoms with E-state index in [4.69, 9.17) is 9.47 Å². The van der Waals surface area contributed by atoms with Crippen LogP contribution < -0.4 is 0 Å². The van der Waals surface area contributed by atoms with Gasteiger partial charge < -0.3 is 9.47 Å². The van der Waals surface area contributed by atoms with Gasteiger partial charge in [-0.2, -0.15) is 0 Å². The van der Waals surface area contributed by atoms with Gasteiger partial charge in [0.15, 0.2) is 6.10 Å². The van der Waals surface area contributed by atoms with E-state index in [9.17, 15) is 0 Å². The Morgan fingerprint density at radius 1 is 1.36 bits per heavy atom. The number of hydrogen-bond acceptors (Lipinski definition) is 2. The molecule has 1 unspecified atom stereocenters. The van der Waals surface area contributed by atoms with Gasteiger partial charge >= 0.3 is 0 Å². The summed E-state index contributed by atoms with van der Waals surface area (Å²) < 4.78 is 10.8. The zero-order valence-electron chi connectivity index (χ0n) is 8.27. The Morgan fingerprint density at radius 2 is 2.14 bits per heavy atom. The van der Waals surface area contributed by atoms with Crippen LogP contribution in [0.4, 0.5) is 0 Å². The zero-order chi connectivity index (χ0) is 9.80. The third-order valence-corrected chi connectivity index (χ3v) is 2.20. The highest BCUT2D eigenvalue weighted by atomic mass is 16.6. The normalized spacial score (nSPS) is 22.1. The summed E-state index contributed by atoms with van der Waals surface area (Å²) in [5, 5.41) is 0. The molecule has 2 nitrogen and oxygen atoms in total. The molecule has 74 valence electrons. The zero-order valence-corrected chi connectivity index (χ0v) is 8.27. The van der Waals surface area contributed by atoms with Gasteiger partial charge in [0.1, 0.15) is 5.76 Å². The molecule has 1 saturated heterocycles. The first-order chi connectivity index (χ1) is 6.90. The third kappa shape index (κ3) is 2.36. The largest absolute Gasteiger partial charge is 0.481 e. The molecule has 0 amide bonds. The summed E-state index contributed by atoms with van der Waals surface area (Å²) in [5.41, 5.74) is 1.20. The molecule has 0 bridgehead atoms. The van der Waals surface area contributed by atoms with Crippen molar-refractivity contribution in [2.45, 2.75) is 19.6 Å². The van der Waals surface area contributed by atoms with E-state index in [1.54, 1.807) is 0 Å². The molecule has 2 heteroatoms. The Bertz CT molecular complexity index is 316. The fourth-order valence-electron chi connectivity index (χ4n) is 1.36. The van der Waals surface area contributed by atoms with Crippen molar-refractivity contribution in [1.82, 2.24) is 0 Å². The van der Waals surface area contributed by atoms with Crippen LogP contribution in [0.15, 0.2) is 42.2 Å². The lowest BCUT2D eigenvalue weighted by molar-refractivity contribution is 0.104. The van der Waals surface area contributed by atoms with Gasteiger partial charge in [0.25, 0.3) is 0 Å². The summed E-state index contributed by atoms with van der Waals surface area (Å²) >= 11 is 0. The molecule has 0 radical (unpaired) electrons. The van der Waals surface area contributed by atoms with Crippen molar-refractivity contribution in [3.63, 3.8) is 0 Å². The average Bonchev–Trinajstić information content (AvgIpc) is 2.98. The molecule has 1 aliphatic heterocycles. The minimum Gasteiger partial charge on any atom is -0.481 e. The lowest BCUT2D eigenvalue weighted by Crippen LogP contribution is -2.00. The quantitative estimate of drug-likeness (QED) is 0.680. The Morgan fingerprint density at radius 3 is 2.79 bits per heavy atom. The summed E-state index contributed by atoms with van der Waals surface area (Å²) in [6.45, 7) is 3.30. The Hall–Kier alpha value is -1.28. The van der Waals surface area contributed by atoms with Crippen LogP contribution in [-0.4, -0.2) is 12.7 Å². The van der Waals surface area contributed by atoms with Crippen molar-refractivity contribution >= 4 is 0 Å². The highest BCUT2D eigenvalue weighted by molar-refractivity contribution is 5.14. The van der Waals surface area contributed by atoms with Crippen LogP contribution in [-0.2, 0) is 16.1 Å². The van der Waals surface area contributed by atoms with Gasteiger partial charge in [-0.3, -0.25) is 0 Å². The molecule has 0 aromatic heterocycles. The molecule has 0 spiro atoms. The van der Waals surface area contributed by atoms with Gasteiger partial charge in [-0.05, 0) is 18.6 Å². The van der Waals surface area contributed by atoms with Gasteiger partial charge in [0, 0.05) is 0 Å². The van der Waals surface area contributed by atoms with Crippen LogP contribution in [0.2, 0.25) is 0 Å². The molecule has 2 rings (SSSR count). The number of benzene rings is 1. The number of hydrogen-bond donors (Lipinski definition) is 0. The molecule has 1 atom stereocenters. The second-order valence-electron chi connectivity index (χ2n) is 3.30. The van der Waals surface area contributed by atoms with Crippen molar-refractivity contribution in [2.24, 2.45) is 0 Å². The molecule has 0 aliphatic carbocycles. The van der Waals surface area contributed by atoms with Crippen LogP contribution in [0, 0.1) is 0 Å². The predicted octanol–water partition coefficient (Wildman–Crippen LogP) is 2.51. The van der Waals surface area contributed by atoms with E-state index in [1.807, 2.05) is 31.2 Å². The van der Waals surface area contributed by atoms with E-state index >= 15 is 0 Å². The van der Waals surface area contributed by atoms with E-state index in [0.29, 0.717) is 13.2 Å². The number of allylic oxidation sites excluding steroid dienone is 1. The van der Waals surface area contributed by atoms with Crippen molar-refractivity contribution in [2.75, 3.05) is 6.61 Å². The van der Waals surface area contributed by atoms with Crippen molar-refractivity contribution in [3.8, 4) is 0 Å². The monoisotopic (exact) mass is 190 g/mol. The minimum atomic E-state index is 0.212. The third-order valence-electron chi connectivity index (χ3n) is 2.20. The van der Waals surface area contributed by atoms with Crippen LogP contribution in [0.3, 0.4) is 0 Å². The summed E-state index contributed by atoms with van der Waals surface area (Å²) in [4.78, 5) is 0. The first kappa shape index (κ1) is 9.28. The lowest BCUT2D eigenvalue weighted by atomic mass is 10.2. The molecule has 1 fully saturated rings. The summed E-state index contributed by atoms with van der Waals surface area (Å²) in [5.74, 6) is 1.05. The van der Waals surface area contributed by atoms with Crippen LogP contribution >= 0.6 is 0 Å². The Kier molecular flexibility index (Phi) is 2.84. The van der Waals surface area contributed by atoms with Gasteiger partial charge in [0.05, 0.1) is 13.2 Å². The van der Waals surface area contributed by atoms with E-state index in [-0.39, 0.29) is 6.10 Å². The Balaban J connectivity index is 1.69. The predicted molar refractivity (Wildman–Crippen MR) is 54.7 cm³/mol. The molecular weight excluding hydrogens is 176 g/mol. The highest BCUT2D eigenvalue weighted by Gasteiger charge is 2.31. The number of epoxide rings is 1. The fraction of sp³-hybridized carbons (Fsp3) is 0.333. The molecule has 1 aromatic carbocycles. The van der Waals surface area contributed by atoms with Crippen molar-refractivity contribution < 1.29 is 9.47 Å². The molecule has 0 saturated carbocycles. The molecule has 14 heavy (non-hydrogen) atoms. The van der Waals surface area contributed by atoms with Gasteiger partial charge in [-0.1, -0.05) is 30.3 Å². The first-order valence-electron chi connectivity index (χ1n) is 4.84.